The molecular weight excluding hydrogens is 316 g/mol. The van der Waals surface area contributed by atoms with Crippen LogP contribution in [0.2, 0.25) is 5.02 Å². The molecule has 0 radical (unpaired) electrons. The molecule has 0 fully saturated rings. The minimum Gasteiger partial charge on any atom is -0.456 e. The molecule has 0 bridgehead atoms. The van der Waals surface area contributed by atoms with Gasteiger partial charge in [0, 0.05) is 12.3 Å². The Bertz CT molecular complexity index is 950. The maximum absolute atomic E-state index is 12.0. The molecule has 3 rings (SSSR count). The second-order valence-electron chi connectivity index (χ2n) is 5.11. The first-order chi connectivity index (χ1) is 11.0. The van der Waals surface area contributed by atoms with Gasteiger partial charge in [-0.3, -0.25) is 9.20 Å². The Morgan fingerprint density at radius 1 is 1.26 bits per heavy atom. The Balaban J connectivity index is 1.81. The second kappa shape index (κ2) is 6.22. The van der Waals surface area contributed by atoms with Gasteiger partial charge >= 0.3 is 5.97 Å². The molecule has 2 aromatic heterocycles. The number of nitrogens with zero attached hydrogens (tertiary/aromatic N) is 2. The lowest BCUT2D eigenvalue weighted by atomic mass is 10.1. The summed E-state index contributed by atoms with van der Waals surface area (Å²) in [6, 6.07) is 11.7. The third-order valence-corrected chi connectivity index (χ3v) is 3.51. The summed E-state index contributed by atoms with van der Waals surface area (Å²) < 4.78 is 6.56. The zero-order valence-electron chi connectivity index (χ0n) is 12.3. The van der Waals surface area contributed by atoms with Crippen molar-refractivity contribution in [3.63, 3.8) is 0 Å². The fourth-order valence-corrected chi connectivity index (χ4v) is 2.36. The van der Waals surface area contributed by atoms with Crippen LogP contribution in [-0.4, -0.2) is 15.4 Å². The third kappa shape index (κ3) is 3.40. The van der Waals surface area contributed by atoms with Gasteiger partial charge in [-0.2, -0.15) is 0 Å². The summed E-state index contributed by atoms with van der Waals surface area (Å²) in [5.41, 5.74) is 1.99. The molecular formula is C17H13ClN2O3. The summed E-state index contributed by atoms with van der Waals surface area (Å²) in [7, 11) is 0. The first-order valence-electron chi connectivity index (χ1n) is 6.94. The number of aromatic nitrogens is 2. The minimum absolute atomic E-state index is 0.0683. The van der Waals surface area contributed by atoms with Crippen molar-refractivity contribution in [1.82, 2.24) is 9.38 Å². The van der Waals surface area contributed by atoms with Crippen LogP contribution in [0.5, 0.6) is 0 Å². The van der Waals surface area contributed by atoms with Crippen LogP contribution in [0.3, 0.4) is 0 Å². The van der Waals surface area contributed by atoms with Crippen LogP contribution < -0.4 is 5.56 Å². The Labute approximate surface area is 137 Å². The quantitative estimate of drug-likeness (QED) is 0.693. The van der Waals surface area contributed by atoms with Gasteiger partial charge in [0.15, 0.2) is 0 Å². The zero-order valence-corrected chi connectivity index (χ0v) is 13.1. The number of aryl methyl sites for hydroxylation is 1. The van der Waals surface area contributed by atoms with Gasteiger partial charge in [-0.15, -0.1) is 0 Å². The van der Waals surface area contributed by atoms with E-state index in [2.05, 4.69) is 4.98 Å². The second-order valence-corrected chi connectivity index (χ2v) is 5.54. The summed E-state index contributed by atoms with van der Waals surface area (Å²) in [5.74, 6) is -0.452. The van der Waals surface area contributed by atoms with Crippen LogP contribution in [0.25, 0.3) is 5.65 Å². The fraction of sp³-hybridized carbons (Fsp3) is 0.118. The zero-order chi connectivity index (χ0) is 16.4. The third-order valence-electron chi connectivity index (χ3n) is 3.28. The predicted octanol–water partition coefficient (Wildman–Crippen LogP) is 3.01. The highest BCUT2D eigenvalue weighted by Gasteiger charge is 2.09. The number of ether oxygens (including phenoxy) is 1. The molecule has 2 heterocycles. The van der Waals surface area contributed by atoms with Gasteiger partial charge in [0.05, 0.1) is 16.3 Å². The molecule has 0 N–H and O–H groups in total. The lowest BCUT2D eigenvalue weighted by Crippen LogP contribution is -2.16. The summed E-state index contributed by atoms with van der Waals surface area (Å²) in [6.07, 6.45) is 1.49. The number of esters is 1. The standard InChI is InChI=1S/C17H13ClN2O3/c1-11-3-2-4-12(7-11)17(22)23-10-14-8-16(21)20-9-13(18)5-6-15(20)19-14/h2-9H,10H2,1H3. The number of carbonyl (C=O) groups is 1. The number of carbonyl (C=O) groups excluding carboxylic acids is 1. The Hall–Kier alpha value is -2.66. The van der Waals surface area contributed by atoms with E-state index in [0.717, 1.165) is 5.56 Å². The van der Waals surface area contributed by atoms with Crippen LogP contribution in [0, 0.1) is 6.92 Å². The summed E-state index contributed by atoms with van der Waals surface area (Å²) >= 11 is 5.86. The van der Waals surface area contributed by atoms with Gasteiger partial charge < -0.3 is 4.74 Å². The molecule has 0 spiro atoms. The summed E-state index contributed by atoms with van der Waals surface area (Å²) in [6.45, 7) is 1.83. The number of hydrogen-bond donors (Lipinski definition) is 0. The SMILES string of the molecule is Cc1cccc(C(=O)OCc2cc(=O)n3cc(Cl)ccc3n2)c1. The molecule has 0 aliphatic heterocycles. The number of pyridine rings is 1. The molecule has 5 nitrogen and oxygen atoms in total. The summed E-state index contributed by atoms with van der Waals surface area (Å²) in [5, 5.41) is 0.444. The minimum atomic E-state index is -0.452. The highest BCUT2D eigenvalue weighted by atomic mass is 35.5. The van der Waals surface area contributed by atoms with E-state index in [1.54, 1.807) is 30.3 Å². The van der Waals surface area contributed by atoms with Crippen molar-refractivity contribution in [2.75, 3.05) is 0 Å². The van der Waals surface area contributed by atoms with Crippen LogP contribution in [-0.2, 0) is 11.3 Å². The average molecular weight is 329 g/mol. The van der Waals surface area contributed by atoms with E-state index >= 15 is 0 Å². The maximum Gasteiger partial charge on any atom is 0.338 e. The largest absolute Gasteiger partial charge is 0.456 e. The van der Waals surface area contributed by atoms with E-state index in [1.165, 1.54) is 16.7 Å². The van der Waals surface area contributed by atoms with Crippen molar-refractivity contribution in [1.29, 1.82) is 0 Å². The number of hydrogen-bond acceptors (Lipinski definition) is 4. The average Bonchev–Trinajstić information content (AvgIpc) is 2.53. The first kappa shape index (κ1) is 15.2. The molecule has 0 saturated carbocycles. The molecule has 0 atom stereocenters. The Morgan fingerprint density at radius 3 is 2.87 bits per heavy atom. The van der Waals surface area contributed by atoms with Crippen molar-refractivity contribution < 1.29 is 9.53 Å². The number of rotatable bonds is 3. The highest BCUT2D eigenvalue weighted by molar-refractivity contribution is 6.30. The van der Waals surface area contributed by atoms with Crippen LogP contribution in [0.15, 0.2) is 53.5 Å². The van der Waals surface area contributed by atoms with E-state index in [1.807, 2.05) is 13.0 Å². The van der Waals surface area contributed by atoms with Gasteiger partial charge in [-0.05, 0) is 31.2 Å². The van der Waals surface area contributed by atoms with Crippen molar-refractivity contribution in [2.45, 2.75) is 13.5 Å². The van der Waals surface area contributed by atoms with Gasteiger partial charge in [0.1, 0.15) is 12.3 Å². The smallest absolute Gasteiger partial charge is 0.338 e. The van der Waals surface area contributed by atoms with E-state index in [4.69, 9.17) is 16.3 Å². The summed E-state index contributed by atoms with van der Waals surface area (Å²) in [4.78, 5) is 28.3. The number of halogens is 1. The van der Waals surface area contributed by atoms with Crippen molar-refractivity contribution in [2.24, 2.45) is 0 Å². The molecule has 6 heteroatoms. The maximum atomic E-state index is 12.0. The molecule has 0 amide bonds. The fourth-order valence-electron chi connectivity index (χ4n) is 2.19. The molecule has 3 aromatic rings. The lowest BCUT2D eigenvalue weighted by Gasteiger charge is -2.06. The van der Waals surface area contributed by atoms with Crippen LogP contribution in [0.1, 0.15) is 21.6 Å². The topological polar surface area (TPSA) is 60.7 Å². The van der Waals surface area contributed by atoms with Crippen LogP contribution in [0.4, 0.5) is 0 Å². The number of fused-ring (bicyclic) bond motifs is 1. The Morgan fingerprint density at radius 2 is 2.09 bits per heavy atom. The van der Waals surface area contributed by atoms with Gasteiger partial charge in [0.25, 0.3) is 5.56 Å². The molecule has 0 aliphatic rings. The van der Waals surface area contributed by atoms with Crippen molar-refractivity contribution >= 4 is 23.2 Å². The molecule has 0 aliphatic carbocycles. The molecule has 0 unspecified atom stereocenters. The van der Waals surface area contributed by atoms with Gasteiger partial charge in [0.2, 0.25) is 0 Å². The van der Waals surface area contributed by atoms with Gasteiger partial charge in [-0.1, -0.05) is 29.3 Å². The number of benzene rings is 1. The Kier molecular flexibility index (Phi) is 4.12. The molecule has 116 valence electrons. The monoisotopic (exact) mass is 328 g/mol. The lowest BCUT2D eigenvalue weighted by molar-refractivity contribution is 0.0467. The molecule has 0 saturated heterocycles. The van der Waals surface area contributed by atoms with Crippen molar-refractivity contribution in [3.8, 4) is 0 Å². The van der Waals surface area contributed by atoms with Crippen LogP contribution >= 0.6 is 11.6 Å². The van der Waals surface area contributed by atoms with E-state index in [9.17, 15) is 9.59 Å². The van der Waals surface area contributed by atoms with E-state index in [-0.39, 0.29) is 12.2 Å². The molecule has 1 aromatic carbocycles. The predicted molar refractivity (Wildman–Crippen MR) is 86.8 cm³/mol. The van der Waals surface area contributed by atoms with Crippen molar-refractivity contribution in [3.05, 3.63) is 80.9 Å². The normalized spacial score (nSPS) is 10.7. The van der Waals surface area contributed by atoms with E-state index in [0.29, 0.717) is 21.9 Å². The first-order valence-corrected chi connectivity index (χ1v) is 7.32. The van der Waals surface area contributed by atoms with E-state index < -0.39 is 5.97 Å². The molecule has 23 heavy (non-hydrogen) atoms. The highest BCUT2D eigenvalue weighted by Crippen LogP contribution is 2.10. The van der Waals surface area contributed by atoms with Gasteiger partial charge in [-0.25, -0.2) is 9.78 Å².